The van der Waals surface area contributed by atoms with E-state index < -0.39 is 0 Å². The van der Waals surface area contributed by atoms with Crippen molar-refractivity contribution in [1.82, 2.24) is 5.32 Å². The van der Waals surface area contributed by atoms with E-state index in [4.69, 9.17) is 0 Å². The summed E-state index contributed by atoms with van der Waals surface area (Å²) in [6.45, 7) is 2.92. The number of carbonyl (C=O) groups excluding carboxylic acids is 1. The van der Waals surface area contributed by atoms with Gasteiger partial charge in [0.25, 0.3) is 5.91 Å². The van der Waals surface area contributed by atoms with Crippen molar-refractivity contribution in [2.45, 2.75) is 25.8 Å². The van der Waals surface area contributed by atoms with E-state index in [9.17, 15) is 4.79 Å². The van der Waals surface area contributed by atoms with Crippen LogP contribution in [-0.2, 0) is 0 Å². The van der Waals surface area contributed by atoms with Crippen LogP contribution in [0.1, 0.15) is 33.6 Å². The third kappa shape index (κ3) is 3.15. The van der Waals surface area contributed by atoms with Crippen molar-refractivity contribution < 1.29 is 4.79 Å². The molecule has 2 heterocycles. The SMILES string of the molecule is Cc1ccc(C(=O)NC2CC2)cc1N1C=CC=C(c2cccs2)C1. The summed E-state index contributed by atoms with van der Waals surface area (Å²) in [5.74, 6) is 0.0359. The highest BCUT2D eigenvalue weighted by atomic mass is 32.1. The Morgan fingerprint density at radius 1 is 1.29 bits per heavy atom. The maximum atomic E-state index is 12.3. The number of nitrogens with zero attached hydrogens (tertiary/aromatic N) is 1. The Hall–Kier alpha value is -2.33. The molecule has 1 fully saturated rings. The predicted octanol–water partition coefficient (Wildman–Crippen LogP) is 4.37. The Morgan fingerprint density at radius 2 is 2.17 bits per heavy atom. The van der Waals surface area contributed by atoms with E-state index in [0.717, 1.165) is 30.6 Å². The second-order valence-corrected chi connectivity index (χ2v) is 7.34. The number of benzene rings is 1. The number of thiophene rings is 1. The van der Waals surface area contributed by atoms with Gasteiger partial charge in [0.1, 0.15) is 0 Å². The molecule has 0 bridgehead atoms. The van der Waals surface area contributed by atoms with E-state index in [1.165, 1.54) is 16.0 Å². The molecule has 0 unspecified atom stereocenters. The zero-order valence-electron chi connectivity index (χ0n) is 13.7. The lowest BCUT2D eigenvalue weighted by molar-refractivity contribution is 0.0951. The lowest BCUT2D eigenvalue weighted by Gasteiger charge is -2.26. The molecular weight excluding hydrogens is 316 g/mol. The molecule has 1 saturated carbocycles. The van der Waals surface area contributed by atoms with Crippen LogP contribution in [0.4, 0.5) is 5.69 Å². The number of hydrogen-bond acceptors (Lipinski definition) is 3. The first-order chi connectivity index (χ1) is 11.7. The Balaban J connectivity index is 1.58. The molecule has 0 spiro atoms. The molecule has 2 aliphatic rings. The molecule has 0 saturated heterocycles. The van der Waals surface area contributed by atoms with E-state index >= 15 is 0 Å². The number of amides is 1. The van der Waals surface area contributed by atoms with Crippen LogP contribution in [0, 0.1) is 6.92 Å². The van der Waals surface area contributed by atoms with Gasteiger partial charge in [-0.1, -0.05) is 18.2 Å². The zero-order valence-corrected chi connectivity index (χ0v) is 14.5. The summed E-state index contributed by atoms with van der Waals surface area (Å²) in [6.07, 6.45) is 8.54. The molecule has 4 heteroatoms. The molecule has 1 aliphatic carbocycles. The van der Waals surface area contributed by atoms with Crippen molar-refractivity contribution in [3.8, 4) is 0 Å². The van der Waals surface area contributed by atoms with Gasteiger partial charge in [0.2, 0.25) is 0 Å². The number of allylic oxidation sites excluding steroid dienone is 2. The molecule has 4 rings (SSSR count). The van der Waals surface area contributed by atoms with Gasteiger partial charge in [0.15, 0.2) is 0 Å². The first-order valence-corrected chi connectivity index (χ1v) is 9.18. The van der Waals surface area contributed by atoms with Crippen molar-refractivity contribution in [3.05, 3.63) is 70.1 Å². The van der Waals surface area contributed by atoms with E-state index in [1.807, 2.05) is 18.2 Å². The molecule has 1 aromatic carbocycles. The minimum Gasteiger partial charge on any atom is -0.349 e. The van der Waals surface area contributed by atoms with Gasteiger partial charge in [-0.15, -0.1) is 11.3 Å². The maximum absolute atomic E-state index is 12.3. The van der Waals surface area contributed by atoms with Crippen LogP contribution >= 0.6 is 11.3 Å². The maximum Gasteiger partial charge on any atom is 0.251 e. The van der Waals surface area contributed by atoms with Gasteiger partial charge in [0, 0.05) is 34.9 Å². The third-order valence-electron chi connectivity index (χ3n) is 4.44. The van der Waals surface area contributed by atoms with Crippen molar-refractivity contribution in [3.63, 3.8) is 0 Å². The third-order valence-corrected chi connectivity index (χ3v) is 5.38. The van der Waals surface area contributed by atoms with Crippen LogP contribution in [0.15, 0.2) is 54.1 Å². The molecule has 3 nitrogen and oxygen atoms in total. The summed E-state index contributed by atoms with van der Waals surface area (Å²) in [5, 5.41) is 5.17. The van der Waals surface area contributed by atoms with Crippen LogP contribution in [0.5, 0.6) is 0 Å². The molecular formula is C20H20N2OS. The van der Waals surface area contributed by atoms with Crippen molar-refractivity contribution in [2.24, 2.45) is 0 Å². The molecule has 2 aromatic rings. The van der Waals surface area contributed by atoms with Gasteiger partial charge in [-0.25, -0.2) is 0 Å². The van der Waals surface area contributed by atoms with Gasteiger partial charge in [-0.3, -0.25) is 4.79 Å². The van der Waals surface area contributed by atoms with Gasteiger partial charge in [0.05, 0.1) is 0 Å². The summed E-state index contributed by atoms with van der Waals surface area (Å²) in [7, 11) is 0. The van der Waals surface area contributed by atoms with Gasteiger partial charge in [-0.05, 0) is 60.6 Å². The molecule has 0 radical (unpaired) electrons. The van der Waals surface area contributed by atoms with Crippen molar-refractivity contribution in [2.75, 3.05) is 11.4 Å². The minimum absolute atomic E-state index is 0.0359. The van der Waals surface area contributed by atoms with Crippen molar-refractivity contribution >= 4 is 28.5 Å². The van der Waals surface area contributed by atoms with Crippen LogP contribution in [0.25, 0.3) is 5.57 Å². The first-order valence-electron chi connectivity index (χ1n) is 8.30. The molecule has 1 aliphatic heterocycles. The quantitative estimate of drug-likeness (QED) is 0.899. The fourth-order valence-corrected chi connectivity index (χ4v) is 3.64. The van der Waals surface area contributed by atoms with Crippen LogP contribution in [0.3, 0.4) is 0 Å². The average molecular weight is 336 g/mol. The number of hydrogen-bond donors (Lipinski definition) is 1. The summed E-state index contributed by atoms with van der Waals surface area (Å²) >= 11 is 1.76. The van der Waals surface area contributed by atoms with Crippen molar-refractivity contribution in [1.29, 1.82) is 0 Å². The fourth-order valence-electron chi connectivity index (χ4n) is 2.90. The normalized spacial score (nSPS) is 16.9. The first kappa shape index (κ1) is 15.2. The number of rotatable bonds is 4. The van der Waals surface area contributed by atoms with Gasteiger partial charge in [-0.2, -0.15) is 0 Å². The average Bonchev–Trinajstić information content (AvgIpc) is 3.24. The minimum atomic E-state index is 0.0359. The van der Waals surface area contributed by atoms with Crippen LogP contribution < -0.4 is 10.2 Å². The molecule has 0 atom stereocenters. The number of carbonyl (C=O) groups is 1. The lowest BCUT2D eigenvalue weighted by Crippen LogP contribution is -2.26. The highest BCUT2D eigenvalue weighted by molar-refractivity contribution is 7.11. The second-order valence-electron chi connectivity index (χ2n) is 6.39. The number of nitrogens with one attached hydrogen (secondary N) is 1. The van der Waals surface area contributed by atoms with Gasteiger partial charge >= 0.3 is 0 Å². The standard InChI is InChI=1S/C20H20N2OS/c1-14-6-7-15(20(23)21-17-8-9-17)12-18(14)22-10-2-4-16(13-22)19-5-3-11-24-19/h2-7,10-12,17H,8-9,13H2,1H3,(H,21,23). The smallest absolute Gasteiger partial charge is 0.251 e. The van der Waals surface area contributed by atoms with E-state index in [0.29, 0.717) is 6.04 Å². The molecule has 1 N–H and O–H groups in total. The topological polar surface area (TPSA) is 32.3 Å². The monoisotopic (exact) mass is 336 g/mol. The molecule has 122 valence electrons. The summed E-state index contributed by atoms with van der Waals surface area (Å²) in [4.78, 5) is 15.9. The Bertz CT molecular complexity index is 816. The van der Waals surface area contributed by atoms with E-state index in [2.05, 4.69) is 53.0 Å². The van der Waals surface area contributed by atoms with Crippen LogP contribution in [0.2, 0.25) is 0 Å². The lowest BCUT2D eigenvalue weighted by atomic mass is 10.1. The molecule has 1 amide bonds. The van der Waals surface area contributed by atoms with E-state index in [1.54, 1.807) is 11.3 Å². The number of anilines is 1. The predicted molar refractivity (Wildman–Crippen MR) is 100 cm³/mol. The Labute approximate surface area is 146 Å². The zero-order chi connectivity index (χ0) is 16.5. The summed E-state index contributed by atoms with van der Waals surface area (Å²) in [5.41, 5.74) is 4.31. The van der Waals surface area contributed by atoms with Gasteiger partial charge < -0.3 is 10.2 Å². The highest BCUT2D eigenvalue weighted by Gasteiger charge is 2.24. The Morgan fingerprint density at radius 3 is 2.92 bits per heavy atom. The highest BCUT2D eigenvalue weighted by Crippen LogP contribution is 2.30. The van der Waals surface area contributed by atoms with E-state index in [-0.39, 0.29) is 5.91 Å². The largest absolute Gasteiger partial charge is 0.349 e. The fraction of sp³-hybridized carbons (Fsp3) is 0.250. The summed E-state index contributed by atoms with van der Waals surface area (Å²) in [6, 6.07) is 10.6. The summed E-state index contributed by atoms with van der Waals surface area (Å²) < 4.78 is 0. The number of aryl methyl sites for hydroxylation is 1. The Kier molecular flexibility index (Phi) is 3.98. The van der Waals surface area contributed by atoms with Crippen LogP contribution in [-0.4, -0.2) is 18.5 Å². The molecule has 24 heavy (non-hydrogen) atoms. The molecule has 1 aromatic heterocycles. The second kappa shape index (κ2) is 6.29.